The van der Waals surface area contributed by atoms with Crippen molar-refractivity contribution < 1.29 is 48.2 Å². The molecule has 1 unspecified atom stereocenters. The molecular weight excluding hydrogens is 995 g/mol. The van der Waals surface area contributed by atoms with Gasteiger partial charge in [-0.2, -0.15) is 4.57 Å². The Bertz CT molecular complexity index is 3040. The molecule has 1 atom stereocenters. The van der Waals surface area contributed by atoms with Gasteiger partial charge in [0.2, 0.25) is 17.9 Å². The highest BCUT2D eigenvalue weighted by molar-refractivity contribution is 9.10. The molecule has 15 nitrogen and oxygen atoms in total. The fraction of sp³-hybridized carbons (Fsp3) is 0.370. The number of nitrogens with zero attached hydrogens (tertiary/aromatic N) is 7. The number of sulfonamides is 2. The number of benzene rings is 2. The van der Waals surface area contributed by atoms with Crippen LogP contribution in [-0.2, 0) is 70.9 Å². The van der Waals surface area contributed by atoms with Gasteiger partial charge in [0.15, 0.2) is 30.4 Å². The van der Waals surface area contributed by atoms with Gasteiger partial charge in [0.1, 0.15) is 21.0 Å². The number of hydrogen-bond donors (Lipinski definition) is 2. The molecule has 0 saturated carbocycles. The number of halogens is 5. The van der Waals surface area contributed by atoms with Crippen LogP contribution in [0.5, 0.6) is 5.88 Å². The molecule has 6 heterocycles. The normalized spacial score (nSPS) is 15.2. The molecule has 4 aromatic heterocycles. The summed E-state index contributed by atoms with van der Waals surface area (Å²) in [6, 6.07) is 13.2. The van der Waals surface area contributed by atoms with Gasteiger partial charge >= 0.3 is 0 Å². The van der Waals surface area contributed by atoms with Crippen LogP contribution in [0.4, 0.5) is 29.2 Å². The molecule has 360 valence electrons. The molecule has 22 heteroatoms. The van der Waals surface area contributed by atoms with E-state index in [1.165, 1.54) is 24.4 Å². The molecule has 0 spiro atoms. The lowest BCUT2D eigenvalue weighted by Gasteiger charge is -2.34. The minimum Gasteiger partial charge on any atom is -0.472 e. The van der Waals surface area contributed by atoms with Crippen molar-refractivity contribution in [2.24, 2.45) is 0 Å². The molecule has 0 amide bonds. The Kier molecular flexibility index (Phi) is 14.2. The van der Waals surface area contributed by atoms with Crippen molar-refractivity contribution in [1.82, 2.24) is 29.9 Å². The van der Waals surface area contributed by atoms with E-state index in [4.69, 9.17) is 9.26 Å². The van der Waals surface area contributed by atoms with Crippen molar-refractivity contribution in [2.45, 2.75) is 101 Å². The van der Waals surface area contributed by atoms with Gasteiger partial charge in [-0.3, -0.25) is 24.2 Å². The number of fused-ring (bicyclic) bond motifs is 2. The number of hydrogen-bond acceptors (Lipinski definition) is 12. The van der Waals surface area contributed by atoms with E-state index in [1.54, 1.807) is 42.9 Å². The van der Waals surface area contributed by atoms with Crippen LogP contribution in [0, 0.1) is 11.6 Å². The molecule has 0 aliphatic carbocycles. The molecule has 2 aromatic carbocycles. The lowest BCUT2D eigenvalue weighted by molar-refractivity contribution is -0.711. The highest BCUT2D eigenvalue weighted by Crippen LogP contribution is 2.37. The summed E-state index contributed by atoms with van der Waals surface area (Å²) in [4.78, 5) is 17.1. The van der Waals surface area contributed by atoms with Crippen LogP contribution in [0.25, 0.3) is 0 Å². The summed E-state index contributed by atoms with van der Waals surface area (Å²) in [7, 11) is -8.33. The zero-order valence-electron chi connectivity index (χ0n) is 37.5. The van der Waals surface area contributed by atoms with Crippen molar-refractivity contribution in [3.8, 4) is 5.88 Å². The van der Waals surface area contributed by atoms with Gasteiger partial charge in [-0.1, -0.05) is 24.2 Å². The maximum Gasteiger partial charge on any atom is 0.272 e. The standard InChI is InChI=1S/C46H49BrF4N9O6S2/c1-5-36-20-53-41(56-67(61,62)37-8-6-30-10-13-59(24-32(30)16-37)28(2)31-7-9-42(54-19-31)65-26-40(50)51)25-60(36)27-46(3,4)44-43(47)45(55-66-44)57-68(63,64)38-17-33-23-58(12-11-39(33)52-21-38)22-29-14-34(48)18-35(49)15-29/h6-9,14-21,25,28,40H,5,10-13,22-24,26-27H2,1-4H3,(H,53,56)(H,55,57)/q+1. The first kappa shape index (κ1) is 48.9. The number of ether oxygens (including phenoxy) is 1. The van der Waals surface area contributed by atoms with Gasteiger partial charge < -0.3 is 9.26 Å². The second-order valence-corrected chi connectivity index (χ2v) is 21.6. The molecule has 68 heavy (non-hydrogen) atoms. The lowest BCUT2D eigenvalue weighted by atomic mass is 9.90. The van der Waals surface area contributed by atoms with Gasteiger partial charge in [0, 0.05) is 81.8 Å². The molecule has 2 aliphatic heterocycles. The fourth-order valence-electron chi connectivity index (χ4n) is 8.46. The fourth-order valence-corrected chi connectivity index (χ4v) is 11.4. The summed E-state index contributed by atoms with van der Waals surface area (Å²) < 4.78 is 126. The number of rotatable bonds is 17. The van der Waals surface area contributed by atoms with E-state index in [0.29, 0.717) is 62.3 Å². The van der Waals surface area contributed by atoms with Gasteiger partial charge in [-0.25, -0.2) is 44.4 Å². The highest BCUT2D eigenvalue weighted by atomic mass is 79.9. The molecule has 2 aliphatic rings. The monoisotopic (exact) mass is 1040 g/mol. The first-order valence-corrected chi connectivity index (χ1v) is 25.5. The second kappa shape index (κ2) is 19.8. The average molecular weight is 1040 g/mol. The molecule has 0 fully saturated rings. The van der Waals surface area contributed by atoms with Crippen molar-refractivity contribution in [3.05, 3.63) is 140 Å². The third-order valence-electron chi connectivity index (χ3n) is 12.1. The Hall–Kier alpha value is -5.55. The van der Waals surface area contributed by atoms with Crippen molar-refractivity contribution in [2.75, 3.05) is 29.1 Å². The third kappa shape index (κ3) is 11.1. The number of alkyl halides is 2. The molecule has 2 N–H and O–H groups in total. The van der Waals surface area contributed by atoms with Crippen molar-refractivity contribution >= 4 is 47.6 Å². The van der Waals surface area contributed by atoms with E-state index in [1.807, 2.05) is 43.2 Å². The van der Waals surface area contributed by atoms with Gasteiger partial charge in [0.25, 0.3) is 26.5 Å². The van der Waals surface area contributed by atoms with E-state index in [-0.39, 0.29) is 50.9 Å². The summed E-state index contributed by atoms with van der Waals surface area (Å²) in [6.07, 6.45) is 5.24. The highest BCUT2D eigenvalue weighted by Gasteiger charge is 2.37. The Morgan fingerprint density at radius 3 is 2.34 bits per heavy atom. The lowest BCUT2D eigenvalue weighted by Crippen LogP contribution is -2.46. The Balaban J connectivity index is 0.934. The quantitative estimate of drug-likeness (QED) is 0.0675. The summed E-state index contributed by atoms with van der Waals surface area (Å²) in [6.45, 7) is 9.54. The molecule has 0 bridgehead atoms. The number of nitrogens with one attached hydrogen (secondary N) is 2. The minimum atomic E-state index is -4.22. The third-order valence-corrected chi connectivity index (χ3v) is 15.5. The van der Waals surface area contributed by atoms with E-state index >= 15 is 0 Å². The second-order valence-electron chi connectivity index (χ2n) is 17.5. The summed E-state index contributed by atoms with van der Waals surface area (Å²) in [5.41, 5.74) is 4.55. The number of anilines is 2. The van der Waals surface area contributed by atoms with Gasteiger partial charge in [-0.15, -0.1) is 0 Å². The van der Waals surface area contributed by atoms with E-state index in [2.05, 4.69) is 50.4 Å². The van der Waals surface area contributed by atoms with Crippen molar-refractivity contribution in [1.29, 1.82) is 0 Å². The zero-order valence-corrected chi connectivity index (χ0v) is 40.7. The molecular formula is C46H49BrF4N9O6S2+. The average Bonchev–Trinajstić information content (AvgIpc) is 3.66. The number of aryl methyl sites for hydroxylation is 1. The number of aromatic nitrogens is 5. The largest absolute Gasteiger partial charge is 0.472 e. The Morgan fingerprint density at radius 1 is 0.868 bits per heavy atom. The first-order valence-electron chi connectivity index (χ1n) is 21.7. The first-order chi connectivity index (χ1) is 32.3. The molecule has 0 radical (unpaired) electrons. The minimum absolute atomic E-state index is 0.0635. The van der Waals surface area contributed by atoms with Crippen LogP contribution in [-0.4, -0.2) is 72.9 Å². The van der Waals surface area contributed by atoms with Crippen LogP contribution in [0.3, 0.4) is 0 Å². The number of pyridine rings is 2. The van der Waals surface area contributed by atoms with Crippen LogP contribution in [0.1, 0.15) is 78.7 Å². The van der Waals surface area contributed by atoms with Gasteiger partial charge in [0.05, 0.1) is 16.5 Å². The molecule has 0 saturated heterocycles. The van der Waals surface area contributed by atoms with Gasteiger partial charge in [-0.05, 0) is 101 Å². The maximum absolute atomic E-state index is 13.9. The summed E-state index contributed by atoms with van der Waals surface area (Å²) in [5, 5.41) is 4.06. The SMILES string of the molecule is CCc1cnc(NS(=O)(=O)c2ccc3c(c2)CN(C(C)c2ccc(OCC(F)F)nc2)CC3)c[n+]1CC(C)(C)c1onc(NS(=O)(=O)c2cnc3c(c2)CN(Cc2cc(F)cc(F)c2)CC3)c1Br. The Morgan fingerprint density at radius 2 is 1.62 bits per heavy atom. The predicted molar refractivity (Wildman–Crippen MR) is 246 cm³/mol. The summed E-state index contributed by atoms with van der Waals surface area (Å²) in [5.74, 6) is -0.918. The van der Waals surface area contributed by atoms with Crippen molar-refractivity contribution in [3.63, 3.8) is 0 Å². The maximum atomic E-state index is 13.9. The molecule has 6 aromatic rings. The van der Waals surface area contributed by atoms with E-state index < -0.39 is 50.1 Å². The molecule has 8 rings (SSSR count). The van der Waals surface area contributed by atoms with Crippen LogP contribution < -0.4 is 18.7 Å². The predicted octanol–water partition coefficient (Wildman–Crippen LogP) is 7.65. The van der Waals surface area contributed by atoms with E-state index in [9.17, 15) is 34.4 Å². The summed E-state index contributed by atoms with van der Waals surface area (Å²) >= 11 is 3.51. The van der Waals surface area contributed by atoms with Crippen LogP contribution >= 0.6 is 15.9 Å². The van der Waals surface area contributed by atoms with Crippen LogP contribution in [0.2, 0.25) is 0 Å². The Labute approximate surface area is 400 Å². The van der Waals surface area contributed by atoms with Crippen LogP contribution in [0.15, 0.2) is 98.2 Å². The smallest absolute Gasteiger partial charge is 0.272 e. The van der Waals surface area contributed by atoms with E-state index in [0.717, 1.165) is 34.1 Å². The topological polar surface area (TPSA) is 177 Å². The zero-order chi connectivity index (χ0) is 48.5.